The summed E-state index contributed by atoms with van der Waals surface area (Å²) in [6.07, 6.45) is 1.88. The molecule has 2 fully saturated rings. The molecular formula is C22H22FN5O2S. The van der Waals surface area contributed by atoms with Crippen molar-refractivity contribution in [2.75, 3.05) is 42.5 Å². The van der Waals surface area contributed by atoms with Crippen molar-refractivity contribution < 1.29 is 14.0 Å². The fourth-order valence-corrected chi connectivity index (χ4v) is 5.17. The molecule has 5 rings (SSSR count). The Labute approximate surface area is 183 Å². The van der Waals surface area contributed by atoms with E-state index in [1.165, 1.54) is 11.0 Å². The number of amides is 2. The van der Waals surface area contributed by atoms with Gasteiger partial charge in [0.05, 0.1) is 11.6 Å². The molecule has 2 aliphatic heterocycles. The van der Waals surface area contributed by atoms with Crippen molar-refractivity contribution in [3.8, 4) is 0 Å². The minimum Gasteiger partial charge on any atom is -0.344 e. The van der Waals surface area contributed by atoms with E-state index < -0.39 is 11.7 Å². The van der Waals surface area contributed by atoms with Gasteiger partial charge in [-0.15, -0.1) is 0 Å². The summed E-state index contributed by atoms with van der Waals surface area (Å²) in [6.45, 7) is 4.54. The average Bonchev–Trinajstić information content (AvgIpc) is 3.37. The Morgan fingerprint density at radius 1 is 1.19 bits per heavy atom. The number of benzene rings is 1. The lowest BCUT2D eigenvalue weighted by Crippen LogP contribution is -2.50. The van der Waals surface area contributed by atoms with Crippen LogP contribution >= 0.6 is 11.3 Å². The van der Waals surface area contributed by atoms with Gasteiger partial charge in [-0.1, -0.05) is 17.4 Å². The molecule has 0 radical (unpaired) electrons. The number of fused-ring (bicyclic) bond motifs is 1. The summed E-state index contributed by atoms with van der Waals surface area (Å²) in [7, 11) is 0. The molecule has 9 heteroatoms. The third-order valence-electron chi connectivity index (χ3n) is 5.89. The SMILES string of the molecule is Cc1ccc(N2CC(C(=O)N3CCN(c4nc5cccnc5s4)CC3)CC2=O)c(F)c1. The van der Waals surface area contributed by atoms with Crippen molar-refractivity contribution in [1.82, 2.24) is 14.9 Å². The highest BCUT2D eigenvalue weighted by atomic mass is 32.1. The zero-order chi connectivity index (χ0) is 21.5. The van der Waals surface area contributed by atoms with Crippen LogP contribution < -0.4 is 9.80 Å². The van der Waals surface area contributed by atoms with Gasteiger partial charge in [0.1, 0.15) is 16.2 Å². The number of rotatable bonds is 3. The molecule has 2 saturated heterocycles. The normalized spacial score (nSPS) is 19.5. The van der Waals surface area contributed by atoms with E-state index in [0.29, 0.717) is 26.2 Å². The summed E-state index contributed by atoms with van der Waals surface area (Å²) in [5.41, 5.74) is 1.93. The number of thiazole rings is 1. The zero-order valence-electron chi connectivity index (χ0n) is 17.1. The number of anilines is 2. The van der Waals surface area contributed by atoms with Crippen LogP contribution in [-0.4, -0.2) is 59.4 Å². The molecule has 0 bridgehead atoms. The predicted molar refractivity (Wildman–Crippen MR) is 118 cm³/mol. The second kappa shape index (κ2) is 7.88. The predicted octanol–water partition coefficient (Wildman–Crippen LogP) is 2.84. The summed E-state index contributed by atoms with van der Waals surface area (Å²) in [5, 5.41) is 0.915. The van der Waals surface area contributed by atoms with E-state index in [9.17, 15) is 14.0 Å². The van der Waals surface area contributed by atoms with Crippen LogP contribution in [0.1, 0.15) is 12.0 Å². The van der Waals surface area contributed by atoms with Crippen molar-refractivity contribution in [2.45, 2.75) is 13.3 Å². The number of pyridine rings is 1. The second-order valence-corrected chi connectivity index (χ2v) is 8.95. The fraction of sp³-hybridized carbons (Fsp3) is 0.364. The van der Waals surface area contributed by atoms with Crippen molar-refractivity contribution in [3.05, 3.63) is 47.9 Å². The number of piperazine rings is 1. The van der Waals surface area contributed by atoms with Crippen LogP contribution in [0.25, 0.3) is 10.3 Å². The van der Waals surface area contributed by atoms with E-state index in [1.807, 2.05) is 17.0 Å². The monoisotopic (exact) mass is 439 g/mol. The highest BCUT2D eigenvalue weighted by molar-refractivity contribution is 7.21. The molecule has 2 aromatic heterocycles. The molecule has 1 unspecified atom stereocenters. The molecule has 2 amide bonds. The Bertz CT molecular complexity index is 1120. The Morgan fingerprint density at radius 2 is 2.00 bits per heavy atom. The van der Waals surface area contributed by atoms with Crippen molar-refractivity contribution in [1.29, 1.82) is 0 Å². The smallest absolute Gasteiger partial charge is 0.228 e. The molecule has 0 saturated carbocycles. The van der Waals surface area contributed by atoms with Gasteiger partial charge in [-0.2, -0.15) is 0 Å². The van der Waals surface area contributed by atoms with Gasteiger partial charge in [0.25, 0.3) is 0 Å². The Kier molecular flexibility index (Phi) is 5.05. The first-order chi connectivity index (χ1) is 15.0. The first kappa shape index (κ1) is 19.9. The number of nitrogens with zero attached hydrogens (tertiary/aromatic N) is 5. The van der Waals surface area contributed by atoms with Crippen LogP contribution in [0.3, 0.4) is 0 Å². The van der Waals surface area contributed by atoms with E-state index in [4.69, 9.17) is 0 Å². The number of hydrogen-bond donors (Lipinski definition) is 0. The summed E-state index contributed by atoms with van der Waals surface area (Å²) in [4.78, 5) is 40.8. The highest BCUT2D eigenvalue weighted by Gasteiger charge is 2.38. The summed E-state index contributed by atoms with van der Waals surface area (Å²) >= 11 is 1.55. The van der Waals surface area contributed by atoms with Gasteiger partial charge in [0, 0.05) is 45.3 Å². The first-order valence-electron chi connectivity index (χ1n) is 10.3. The van der Waals surface area contributed by atoms with Gasteiger partial charge in [-0.05, 0) is 36.8 Å². The molecule has 7 nitrogen and oxygen atoms in total. The molecule has 0 spiro atoms. The zero-order valence-corrected chi connectivity index (χ0v) is 17.9. The van der Waals surface area contributed by atoms with E-state index in [1.54, 1.807) is 36.6 Å². The van der Waals surface area contributed by atoms with Crippen LogP contribution in [0.4, 0.5) is 15.2 Å². The maximum Gasteiger partial charge on any atom is 0.228 e. The van der Waals surface area contributed by atoms with Gasteiger partial charge in [0.2, 0.25) is 11.8 Å². The minimum atomic E-state index is -0.439. The van der Waals surface area contributed by atoms with Crippen LogP contribution in [0.15, 0.2) is 36.5 Å². The molecule has 2 aliphatic rings. The number of aryl methyl sites for hydroxylation is 1. The molecule has 3 aromatic rings. The average molecular weight is 440 g/mol. The number of halogens is 1. The van der Waals surface area contributed by atoms with Crippen LogP contribution in [-0.2, 0) is 9.59 Å². The fourth-order valence-electron chi connectivity index (χ4n) is 4.21. The van der Waals surface area contributed by atoms with Crippen molar-refractivity contribution >= 4 is 44.3 Å². The van der Waals surface area contributed by atoms with Gasteiger partial charge in [-0.25, -0.2) is 14.4 Å². The van der Waals surface area contributed by atoms with Gasteiger partial charge in [0.15, 0.2) is 5.13 Å². The quantitative estimate of drug-likeness (QED) is 0.628. The lowest BCUT2D eigenvalue weighted by Gasteiger charge is -2.35. The molecule has 1 atom stereocenters. The van der Waals surface area contributed by atoms with E-state index in [2.05, 4.69) is 14.9 Å². The third-order valence-corrected chi connectivity index (χ3v) is 6.93. The summed E-state index contributed by atoms with van der Waals surface area (Å²) < 4.78 is 14.3. The maximum absolute atomic E-state index is 14.3. The summed E-state index contributed by atoms with van der Waals surface area (Å²) in [5.74, 6) is -1.11. The molecule has 4 heterocycles. The van der Waals surface area contributed by atoms with Crippen LogP contribution in [0.2, 0.25) is 0 Å². The molecule has 0 N–H and O–H groups in total. The topological polar surface area (TPSA) is 69.6 Å². The Balaban J connectivity index is 1.23. The standard InChI is InChI=1S/C22H22FN5O2S/c1-14-4-5-18(16(23)11-14)28-13-15(12-19(28)29)21(30)26-7-9-27(10-8-26)22-25-17-3-2-6-24-20(17)31-22/h2-6,11,15H,7-10,12-13H2,1H3. The number of aromatic nitrogens is 2. The molecule has 1 aromatic carbocycles. The van der Waals surface area contributed by atoms with Crippen molar-refractivity contribution in [3.63, 3.8) is 0 Å². The summed E-state index contributed by atoms with van der Waals surface area (Å²) in [6, 6.07) is 8.62. The largest absolute Gasteiger partial charge is 0.344 e. The molecule has 160 valence electrons. The van der Waals surface area contributed by atoms with Crippen LogP contribution in [0, 0.1) is 18.7 Å². The Hall–Kier alpha value is -3.07. The molecular weight excluding hydrogens is 417 g/mol. The number of hydrogen-bond acceptors (Lipinski definition) is 6. The van der Waals surface area contributed by atoms with Gasteiger partial charge < -0.3 is 14.7 Å². The first-order valence-corrected chi connectivity index (χ1v) is 11.1. The lowest BCUT2D eigenvalue weighted by atomic mass is 10.1. The third kappa shape index (κ3) is 3.74. The van der Waals surface area contributed by atoms with E-state index in [0.717, 1.165) is 21.0 Å². The Morgan fingerprint density at radius 3 is 2.74 bits per heavy atom. The molecule has 31 heavy (non-hydrogen) atoms. The number of carbonyl (C=O) groups is 2. The van der Waals surface area contributed by atoms with Gasteiger partial charge >= 0.3 is 0 Å². The molecule has 0 aliphatic carbocycles. The lowest BCUT2D eigenvalue weighted by molar-refractivity contribution is -0.136. The number of carbonyl (C=O) groups excluding carboxylic acids is 2. The van der Waals surface area contributed by atoms with E-state index >= 15 is 0 Å². The van der Waals surface area contributed by atoms with Gasteiger partial charge in [-0.3, -0.25) is 9.59 Å². The van der Waals surface area contributed by atoms with E-state index in [-0.39, 0.29) is 30.5 Å². The highest BCUT2D eigenvalue weighted by Crippen LogP contribution is 2.30. The second-order valence-electron chi connectivity index (χ2n) is 8.00. The maximum atomic E-state index is 14.3. The minimum absolute atomic E-state index is 0.0333. The van der Waals surface area contributed by atoms with Crippen LogP contribution in [0.5, 0.6) is 0 Å². The van der Waals surface area contributed by atoms with Crippen molar-refractivity contribution in [2.24, 2.45) is 5.92 Å².